The first-order chi connectivity index (χ1) is 72.7. The van der Waals surface area contributed by atoms with Crippen LogP contribution in [0, 0.1) is 53.7 Å². The average molecular weight is 1870 g/mol. The van der Waals surface area contributed by atoms with Crippen LogP contribution in [-0.4, -0.2) is 36.5 Å². The lowest BCUT2D eigenvalue weighted by Crippen LogP contribution is -2.01. The monoisotopic (exact) mass is 1870 g/mol. The Balaban J connectivity index is 0.000000107. The Morgan fingerprint density at radius 3 is 0.810 bits per heavy atom. The summed E-state index contributed by atoms with van der Waals surface area (Å²) in [5.74, 6) is 0. The molecule has 15 heteroatoms. The van der Waals surface area contributed by atoms with E-state index in [-0.39, 0.29) is 0 Å². The predicted octanol–water partition coefficient (Wildman–Crippen LogP) is 34.7. The molecule has 21 aromatic carbocycles. The maximum absolute atomic E-state index is 10.7. The summed E-state index contributed by atoms with van der Waals surface area (Å²) in [5, 5.41) is 52.0. The Morgan fingerprint density at radius 1 is 0.184 bits per heavy atom. The number of fused-ring (bicyclic) bond motifs is 29. The molecule has 9 heterocycles. The SMILES string of the molecule is [C-]#[N+]c1cc(-n2c3ccc(-c4ccccc4)cc3c3c4oc5ccccc5c4ccc32)cc(C#N)c1-n1c2ccccc2c2ccccc21.[C-]#[N+]c1cc(-n2c3ccccc3c3c4c5ccccc5n(-c5ccccc5)c4ccc32)cc(C#N)c1-n1c2ccccc2c2ccccc21.[C-]#[N+]c1cc(-n2c3ccccc3c3cc4c(cc32)c2ccccc2n4-c2ccccc2)cc(C#N)c1-n1c2ccccc2c2ccccc21. The second kappa shape index (κ2) is 33.2. The molecule has 0 spiro atoms. The van der Waals surface area contributed by atoms with Crippen LogP contribution in [0.2, 0.25) is 0 Å². The van der Waals surface area contributed by atoms with Crippen molar-refractivity contribution in [3.05, 3.63) is 500 Å². The van der Waals surface area contributed by atoms with Crippen LogP contribution < -0.4 is 0 Å². The molecule has 0 saturated carbocycles. The van der Waals surface area contributed by atoms with E-state index in [2.05, 4.69) is 342 Å². The maximum atomic E-state index is 10.7. The molecule has 0 atom stereocenters. The van der Waals surface area contributed by atoms with Crippen molar-refractivity contribution >= 4 is 213 Å². The van der Waals surface area contributed by atoms with Crippen molar-refractivity contribution in [1.29, 1.82) is 15.8 Å². The second-order valence-corrected chi connectivity index (χ2v) is 37.1. The molecule has 147 heavy (non-hydrogen) atoms. The van der Waals surface area contributed by atoms with Gasteiger partial charge in [-0.15, -0.1) is 0 Å². The molecule has 30 aromatic rings. The molecule has 678 valence electrons. The van der Waals surface area contributed by atoms with Crippen LogP contribution in [0.15, 0.2) is 453 Å². The molecule has 0 N–H and O–H groups in total. The van der Waals surface area contributed by atoms with Crippen LogP contribution in [0.1, 0.15) is 16.7 Å². The highest BCUT2D eigenvalue weighted by Crippen LogP contribution is 2.51. The predicted molar refractivity (Wildman–Crippen MR) is 600 cm³/mol. The molecule has 0 fully saturated rings. The smallest absolute Gasteiger partial charge is 0.214 e. The molecule has 15 nitrogen and oxygen atoms in total. The fraction of sp³-hybridized carbons (Fsp3) is 0. The number of para-hydroxylation sites is 13. The van der Waals surface area contributed by atoms with Crippen LogP contribution in [0.4, 0.5) is 17.1 Å². The number of furan rings is 1. The number of nitrogens with zero attached hydrogens (tertiary/aromatic N) is 14. The van der Waals surface area contributed by atoms with Crippen molar-refractivity contribution in [3.8, 4) is 74.8 Å². The average Bonchev–Trinajstić information content (AvgIpc) is 1.54. The molecule has 0 amide bonds. The summed E-state index contributed by atoms with van der Waals surface area (Å²) < 4.78 is 24.1. The molecule has 0 aliphatic rings. The van der Waals surface area contributed by atoms with Gasteiger partial charge in [0.2, 0.25) is 17.1 Å². The van der Waals surface area contributed by atoms with E-state index in [1.807, 2.05) is 176 Å². The van der Waals surface area contributed by atoms with Crippen LogP contribution in [0.5, 0.6) is 0 Å². The lowest BCUT2D eigenvalue weighted by atomic mass is 10.0. The summed E-state index contributed by atoms with van der Waals surface area (Å²) in [4.78, 5) is 12.2. The Hall–Kier alpha value is -21.2. The number of benzene rings is 21. The maximum Gasteiger partial charge on any atom is 0.214 e. The molecule has 0 radical (unpaired) electrons. The van der Waals surface area contributed by atoms with E-state index in [1.54, 1.807) is 0 Å². The second-order valence-electron chi connectivity index (χ2n) is 37.1. The van der Waals surface area contributed by atoms with E-state index >= 15 is 0 Å². The lowest BCUT2D eigenvalue weighted by molar-refractivity contribution is 0.673. The number of hydrogen-bond donors (Lipinski definition) is 0. The van der Waals surface area contributed by atoms with Gasteiger partial charge in [-0.25, -0.2) is 14.5 Å². The third-order valence-corrected chi connectivity index (χ3v) is 29.5. The standard InChI is InChI=1S/2C44H25N5.C44H24N4O/c1-46-37-24-30(23-28(27-45)44(37)49-40-21-11-5-15-31(40)32-16-6-12-22-41(32)49)48-39-20-10-8-18-34(39)36-25-42-35(26-43(36)48)33-17-7-9-19-38(33)47(42)29-13-3-2-4-14-29;1-46-35-26-30(25-28(27-45)44(35)49-36-19-9-5-15-31(36)32-16-6-10-20-37(32)49)48-39-22-12-8-18-34(39)43-41(48)24-23-40-42(43)33-17-7-11-21-38(33)47(40)29-13-3-2-4-14-29;1-46-36-25-30(23-29(26-45)43(36)48-37-16-8-5-13-31(37)32-14-6-9-17-38(32)48)47-39-21-19-28(27-11-3-2-4-12-27)24-35(39)42-40(47)22-20-34-33-15-7-10-18-41(33)49-44(34)42/h2*2-26H;2-25H. The summed E-state index contributed by atoms with van der Waals surface area (Å²) in [7, 11) is 0. The fourth-order valence-electron chi connectivity index (χ4n) is 23.5. The summed E-state index contributed by atoms with van der Waals surface area (Å²) in [6.07, 6.45) is 0. The van der Waals surface area contributed by atoms with Gasteiger partial charge in [0.15, 0.2) is 0 Å². The quantitative estimate of drug-likeness (QED) is 0.133. The Bertz CT molecular complexity index is 10700. The summed E-state index contributed by atoms with van der Waals surface area (Å²) in [5.41, 5.74) is 29.1. The van der Waals surface area contributed by atoms with Gasteiger partial charge in [0.25, 0.3) is 0 Å². The zero-order valence-corrected chi connectivity index (χ0v) is 78.4. The Labute approximate surface area is 839 Å². The number of nitriles is 3. The zero-order chi connectivity index (χ0) is 97.9. The topological polar surface area (TPSA) is 137 Å². The van der Waals surface area contributed by atoms with E-state index in [4.69, 9.17) is 24.1 Å². The van der Waals surface area contributed by atoms with Crippen molar-refractivity contribution in [1.82, 2.24) is 36.5 Å². The van der Waals surface area contributed by atoms with Crippen molar-refractivity contribution in [3.63, 3.8) is 0 Å². The third kappa shape index (κ3) is 12.6. The first-order valence-corrected chi connectivity index (χ1v) is 48.5. The van der Waals surface area contributed by atoms with Gasteiger partial charge in [-0.3, -0.25) is 0 Å². The summed E-state index contributed by atoms with van der Waals surface area (Å²) in [6.45, 7) is 25.2. The largest absolute Gasteiger partial charge is 0.455 e. The molecule has 9 aromatic heterocycles. The molecule has 0 unspecified atom stereocenters. The van der Waals surface area contributed by atoms with Gasteiger partial charge in [0.05, 0.1) is 147 Å². The van der Waals surface area contributed by atoms with Gasteiger partial charge in [0, 0.05) is 120 Å². The zero-order valence-electron chi connectivity index (χ0n) is 78.4. The van der Waals surface area contributed by atoms with Crippen molar-refractivity contribution < 1.29 is 4.42 Å². The van der Waals surface area contributed by atoms with Gasteiger partial charge in [-0.05, 0) is 187 Å². The highest BCUT2D eigenvalue weighted by atomic mass is 16.3. The molecule has 0 aliphatic carbocycles. The molecule has 0 saturated heterocycles. The Morgan fingerprint density at radius 2 is 0.449 bits per heavy atom. The van der Waals surface area contributed by atoms with Gasteiger partial charge in [-0.2, -0.15) is 15.8 Å². The van der Waals surface area contributed by atoms with Crippen LogP contribution in [0.3, 0.4) is 0 Å². The van der Waals surface area contributed by atoms with Gasteiger partial charge in [-0.1, -0.05) is 273 Å². The molecular formula is C132H74N14O. The van der Waals surface area contributed by atoms with E-state index in [9.17, 15) is 15.8 Å². The first-order valence-electron chi connectivity index (χ1n) is 48.5. The molecule has 0 aliphatic heterocycles. The van der Waals surface area contributed by atoms with Crippen molar-refractivity contribution in [2.24, 2.45) is 0 Å². The molecule has 30 rings (SSSR count). The van der Waals surface area contributed by atoms with Gasteiger partial charge in [0.1, 0.15) is 29.4 Å². The minimum atomic E-state index is 0.404. The molecule has 0 bridgehead atoms. The number of aromatic nitrogens is 8. The lowest BCUT2D eigenvalue weighted by Gasteiger charge is -2.16. The van der Waals surface area contributed by atoms with Crippen LogP contribution >= 0.6 is 0 Å². The van der Waals surface area contributed by atoms with Crippen molar-refractivity contribution in [2.45, 2.75) is 0 Å². The fourth-order valence-corrected chi connectivity index (χ4v) is 23.5. The van der Waals surface area contributed by atoms with E-state index in [0.29, 0.717) is 50.8 Å². The van der Waals surface area contributed by atoms with Crippen LogP contribution in [0.25, 0.3) is 268 Å². The van der Waals surface area contributed by atoms with E-state index in [1.165, 1.54) is 16.2 Å². The number of rotatable bonds is 9. The Kier molecular flexibility index (Phi) is 19.0. The number of hydrogen-bond acceptors (Lipinski definition) is 4. The minimum absolute atomic E-state index is 0.404. The highest BCUT2D eigenvalue weighted by molar-refractivity contribution is 6.30. The van der Waals surface area contributed by atoms with Crippen molar-refractivity contribution in [2.75, 3.05) is 0 Å². The van der Waals surface area contributed by atoms with Gasteiger partial charge < -0.3 is 41.0 Å². The normalized spacial score (nSPS) is 11.6. The van der Waals surface area contributed by atoms with Crippen LogP contribution in [-0.2, 0) is 0 Å². The minimum Gasteiger partial charge on any atom is -0.455 e. The summed E-state index contributed by atoms with van der Waals surface area (Å²) in [6, 6.07) is 161. The van der Waals surface area contributed by atoms with E-state index in [0.717, 1.165) is 220 Å². The van der Waals surface area contributed by atoms with Gasteiger partial charge >= 0.3 is 0 Å². The summed E-state index contributed by atoms with van der Waals surface area (Å²) >= 11 is 0. The first kappa shape index (κ1) is 83.9. The highest BCUT2D eigenvalue weighted by Gasteiger charge is 2.30. The third-order valence-electron chi connectivity index (χ3n) is 29.5. The molecular weight excluding hydrogens is 1800 g/mol. The van der Waals surface area contributed by atoms with E-state index < -0.39 is 0 Å².